The number of fused-ring (bicyclic) bond motifs is 1. The molecule has 0 aliphatic heterocycles. The molecule has 39 heavy (non-hydrogen) atoms. The van der Waals surface area contributed by atoms with E-state index in [1.54, 1.807) is 45.0 Å². The van der Waals surface area contributed by atoms with Crippen LogP contribution in [0.2, 0.25) is 0 Å². The van der Waals surface area contributed by atoms with Crippen molar-refractivity contribution in [1.82, 2.24) is 15.6 Å². The van der Waals surface area contributed by atoms with E-state index in [9.17, 15) is 14.9 Å². The fourth-order valence-corrected chi connectivity index (χ4v) is 4.32. The highest BCUT2D eigenvalue weighted by molar-refractivity contribution is 5.99. The molecule has 0 saturated heterocycles. The largest absolute Gasteiger partial charge is 0.444 e. The predicted molar refractivity (Wildman–Crippen MR) is 152 cm³/mol. The van der Waals surface area contributed by atoms with Gasteiger partial charge in [-0.05, 0) is 56.5 Å². The SMILES string of the molecule is CC(C)(C)OC(=O)NC(Cc1c[nH]c2ccccc12)C(C#N)Nc1ccccc1C(=O)NCc1ccccc1. The molecule has 4 N–H and O–H groups in total. The number of alkyl carbamates (subject to hydrolysis) is 1. The van der Waals surface area contributed by atoms with E-state index < -0.39 is 23.8 Å². The third kappa shape index (κ3) is 7.39. The van der Waals surface area contributed by atoms with Gasteiger partial charge in [0.2, 0.25) is 0 Å². The summed E-state index contributed by atoms with van der Waals surface area (Å²) in [6, 6.07) is 25.2. The van der Waals surface area contributed by atoms with Gasteiger partial charge in [-0.15, -0.1) is 0 Å². The van der Waals surface area contributed by atoms with Gasteiger partial charge in [-0.1, -0.05) is 60.7 Å². The number of H-pyrrole nitrogens is 1. The van der Waals surface area contributed by atoms with Crippen LogP contribution in [0.25, 0.3) is 10.9 Å². The number of carbonyl (C=O) groups is 2. The van der Waals surface area contributed by atoms with E-state index in [2.05, 4.69) is 27.0 Å². The molecule has 4 rings (SSSR count). The second kappa shape index (κ2) is 12.2. The maximum Gasteiger partial charge on any atom is 0.407 e. The van der Waals surface area contributed by atoms with Gasteiger partial charge >= 0.3 is 6.09 Å². The van der Waals surface area contributed by atoms with Gasteiger partial charge in [0.15, 0.2) is 0 Å². The highest BCUT2D eigenvalue weighted by Crippen LogP contribution is 2.22. The number of amides is 2. The van der Waals surface area contributed by atoms with Crippen LogP contribution in [-0.4, -0.2) is 34.7 Å². The van der Waals surface area contributed by atoms with E-state index >= 15 is 0 Å². The molecule has 0 spiro atoms. The molecule has 0 radical (unpaired) electrons. The Labute approximate surface area is 228 Å². The Balaban J connectivity index is 1.57. The van der Waals surface area contributed by atoms with Crippen molar-refractivity contribution in [3.63, 3.8) is 0 Å². The highest BCUT2D eigenvalue weighted by atomic mass is 16.6. The summed E-state index contributed by atoms with van der Waals surface area (Å²) in [4.78, 5) is 29.1. The first-order valence-corrected chi connectivity index (χ1v) is 12.9. The molecule has 8 heteroatoms. The summed E-state index contributed by atoms with van der Waals surface area (Å²) >= 11 is 0. The molecule has 0 aliphatic rings. The average Bonchev–Trinajstić information content (AvgIpc) is 3.32. The Kier molecular flexibility index (Phi) is 8.52. The molecule has 2 unspecified atom stereocenters. The molecule has 1 heterocycles. The van der Waals surface area contributed by atoms with Crippen LogP contribution in [0.5, 0.6) is 0 Å². The summed E-state index contributed by atoms with van der Waals surface area (Å²) < 4.78 is 5.50. The number of benzene rings is 3. The van der Waals surface area contributed by atoms with E-state index in [1.807, 2.05) is 60.8 Å². The Hall–Kier alpha value is -4.77. The number of nitrogens with zero attached hydrogens (tertiary/aromatic N) is 1. The summed E-state index contributed by atoms with van der Waals surface area (Å²) in [5, 5.41) is 20.2. The van der Waals surface area contributed by atoms with Crippen molar-refractivity contribution in [3.8, 4) is 6.07 Å². The molecule has 8 nitrogen and oxygen atoms in total. The van der Waals surface area contributed by atoms with Gasteiger partial charge in [0.25, 0.3) is 5.91 Å². The van der Waals surface area contributed by atoms with Crippen LogP contribution in [0.3, 0.4) is 0 Å². The zero-order valence-corrected chi connectivity index (χ0v) is 22.3. The number of ether oxygens (including phenoxy) is 1. The standard InChI is InChI=1S/C31H33N5O3/c1-31(2,3)39-30(38)36-27(17-22-20-33-25-15-9-7-13-23(22)25)28(18-32)35-26-16-10-8-14-24(26)29(37)34-19-21-11-5-4-6-12-21/h4-16,20,27-28,33,35H,17,19H2,1-3H3,(H,34,37)(H,36,38). The third-order valence-electron chi connectivity index (χ3n) is 6.14. The molecule has 2 atom stereocenters. The number of nitriles is 1. The minimum atomic E-state index is -0.866. The molecule has 2 amide bonds. The topological polar surface area (TPSA) is 119 Å². The molecular weight excluding hydrogens is 490 g/mol. The summed E-state index contributed by atoms with van der Waals surface area (Å²) in [5.41, 5.74) is 3.08. The van der Waals surface area contributed by atoms with Gasteiger partial charge in [-0.3, -0.25) is 4.79 Å². The number of aromatic amines is 1. The fraction of sp³-hybridized carbons (Fsp3) is 0.258. The van der Waals surface area contributed by atoms with Gasteiger partial charge < -0.3 is 25.7 Å². The second-order valence-electron chi connectivity index (χ2n) is 10.3. The molecule has 0 aliphatic carbocycles. The number of anilines is 1. The van der Waals surface area contributed by atoms with Crippen molar-refractivity contribution in [2.45, 2.75) is 51.4 Å². The van der Waals surface area contributed by atoms with Gasteiger partial charge in [-0.2, -0.15) is 5.26 Å². The van der Waals surface area contributed by atoms with Crippen molar-refractivity contribution < 1.29 is 14.3 Å². The number of hydrogen-bond donors (Lipinski definition) is 4. The van der Waals surface area contributed by atoms with Crippen LogP contribution in [0.1, 0.15) is 42.3 Å². The maximum absolute atomic E-state index is 13.1. The van der Waals surface area contributed by atoms with Gasteiger partial charge in [0.1, 0.15) is 11.6 Å². The van der Waals surface area contributed by atoms with Crippen LogP contribution in [0.15, 0.2) is 85.1 Å². The number of carbonyl (C=O) groups excluding carboxylic acids is 2. The van der Waals surface area contributed by atoms with Crippen molar-refractivity contribution in [1.29, 1.82) is 5.26 Å². The van der Waals surface area contributed by atoms with E-state index in [1.165, 1.54) is 0 Å². The van der Waals surface area contributed by atoms with Crippen LogP contribution in [0.4, 0.5) is 10.5 Å². The first-order valence-electron chi connectivity index (χ1n) is 12.9. The van der Waals surface area contributed by atoms with E-state index in [0.717, 1.165) is 22.0 Å². The Morgan fingerprint density at radius 1 is 0.974 bits per heavy atom. The minimum absolute atomic E-state index is 0.271. The predicted octanol–water partition coefficient (Wildman–Crippen LogP) is 5.54. The Morgan fingerprint density at radius 2 is 1.67 bits per heavy atom. The Bertz CT molecular complexity index is 1470. The minimum Gasteiger partial charge on any atom is -0.444 e. The number of para-hydroxylation sites is 2. The number of rotatable bonds is 9. The molecular formula is C31H33N5O3. The number of nitrogens with one attached hydrogen (secondary N) is 4. The second-order valence-corrected chi connectivity index (χ2v) is 10.3. The van der Waals surface area contributed by atoms with E-state index in [0.29, 0.717) is 24.2 Å². The Morgan fingerprint density at radius 3 is 2.41 bits per heavy atom. The number of hydrogen-bond acceptors (Lipinski definition) is 5. The van der Waals surface area contributed by atoms with Crippen molar-refractivity contribution in [3.05, 3.63) is 102 Å². The molecule has 0 fully saturated rings. The highest BCUT2D eigenvalue weighted by Gasteiger charge is 2.28. The van der Waals surface area contributed by atoms with Gasteiger partial charge in [0.05, 0.1) is 17.7 Å². The lowest BCUT2D eigenvalue weighted by molar-refractivity contribution is 0.0502. The van der Waals surface area contributed by atoms with Crippen LogP contribution < -0.4 is 16.0 Å². The van der Waals surface area contributed by atoms with Crippen LogP contribution >= 0.6 is 0 Å². The summed E-state index contributed by atoms with van der Waals surface area (Å²) in [6.45, 7) is 5.72. The summed E-state index contributed by atoms with van der Waals surface area (Å²) in [7, 11) is 0. The van der Waals surface area contributed by atoms with Gasteiger partial charge in [-0.25, -0.2) is 4.79 Å². The molecule has 3 aromatic carbocycles. The maximum atomic E-state index is 13.1. The van der Waals surface area contributed by atoms with Crippen molar-refractivity contribution >= 4 is 28.6 Å². The average molecular weight is 524 g/mol. The monoisotopic (exact) mass is 523 g/mol. The molecule has 4 aromatic rings. The van der Waals surface area contributed by atoms with Gasteiger partial charge in [0, 0.05) is 29.3 Å². The molecule has 0 saturated carbocycles. The summed E-state index contributed by atoms with van der Waals surface area (Å²) in [6.07, 6.45) is 1.62. The van der Waals surface area contributed by atoms with Crippen molar-refractivity contribution in [2.24, 2.45) is 0 Å². The normalized spacial score (nSPS) is 12.7. The fourth-order valence-electron chi connectivity index (χ4n) is 4.32. The smallest absolute Gasteiger partial charge is 0.407 e. The molecule has 0 bridgehead atoms. The zero-order valence-electron chi connectivity index (χ0n) is 22.3. The number of aromatic nitrogens is 1. The third-order valence-corrected chi connectivity index (χ3v) is 6.14. The van der Waals surface area contributed by atoms with Crippen LogP contribution in [0, 0.1) is 11.3 Å². The lowest BCUT2D eigenvalue weighted by atomic mass is 9.99. The zero-order chi connectivity index (χ0) is 27.8. The lowest BCUT2D eigenvalue weighted by Gasteiger charge is -2.27. The van der Waals surface area contributed by atoms with Crippen LogP contribution in [-0.2, 0) is 17.7 Å². The van der Waals surface area contributed by atoms with Crippen molar-refractivity contribution in [2.75, 3.05) is 5.32 Å². The van der Waals surface area contributed by atoms with E-state index in [-0.39, 0.29) is 5.91 Å². The first-order chi connectivity index (χ1) is 18.7. The molecule has 1 aromatic heterocycles. The quantitative estimate of drug-likeness (QED) is 0.230. The molecule has 200 valence electrons. The van der Waals surface area contributed by atoms with E-state index in [4.69, 9.17) is 4.74 Å². The lowest BCUT2D eigenvalue weighted by Crippen LogP contribution is -2.49. The first kappa shape index (κ1) is 27.3. The summed E-state index contributed by atoms with van der Waals surface area (Å²) in [5.74, 6) is -0.271.